The second kappa shape index (κ2) is 2.28. The Balaban J connectivity index is 2.72. The lowest BCUT2D eigenvalue weighted by atomic mass is 9.68. The molecule has 1 saturated carbocycles. The van der Waals surface area contributed by atoms with Gasteiger partial charge in [-0.15, -0.1) is 0 Å². The molecule has 0 saturated heterocycles. The predicted octanol–water partition coefficient (Wildman–Crippen LogP) is 0.829. The van der Waals surface area contributed by atoms with Gasteiger partial charge in [-0.25, -0.2) is 0 Å². The van der Waals surface area contributed by atoms with Crippen molar-refractivity contribution in [3.63, 3.8) is 0 Å². The number of nitriles is 2. The van der Waals surface area contributed by atoms with Gasteiger partial charge in [0.2, 0.25) is 0 Å². The van der Waals surface area contributed by atoms with Crippen LogP contribution in [0.2, 0.25) is 0 Å². The van der Waals surface area contributed by atoms with Crippen LogP contribution in [0.15, 0.2) is 0 Å². The van der Waals surface area contributed by atoms with Crippen LogP contribution in [0.3, 0.4) is 0 Å². The van der Waals surface area contributed by atoms with Crippen molar-refractivity contribution in [2.24, 2.45) is 5.41 Å². The van der Waals surface area contributed by atoms with Crippen molar-refractivity contribution in [1.82, 2.24) is 0 Å². The number of hydrogen-bond donors (Lipinski definition) is 0. The summed E-state index contributed by atoms with van der Waals surface area (Å²) >= 11 is 0. The molecule has 0 aromatic heterocycles. The van der Waals surface area contributed by atoms with E-state index in [2.05, 4.69) is 0 Å². The minimum absolute atomic E-state index is 0.164. The fourth-order valence-electron chi connectivity index (χ4n) is 1.15. The zero-order valence-electron chi connectivity index (χ0n) is 5.79. The molecule has 1 atom stereocenters. The van der Waals surface area contributed by atoms with E-state index < -0.39 is 5.41 Å². The van der Waals surface area contributed by atoms with Crippen LogP contribution in [0, 0.1) is 28.1 Å². The maximum absolute atomic E-state index is 8.59. The predicted molar refractivity (Wildman–Crippen MR) is 33.7 cm³/mol. The van der Waals surface area contributed by atoms with Crippen molar-refractivity contribution < 1.29 is 4.74 Å². The summed E-state index contributed by atoms with van der Waals surface area (Å²) in [4.78, 5) is 0. The van der Waals surface area contributed by atoms with Gasteiger partial charge in [0.1, 0.15) is 0 Å². The van der Waals surface area contributed by atoms with Crippen LogP contribution in [0.25, 0.3) is 0 Å². The van der Waals surface area contributed by atoms with Crippen molar-refractivity contribution in [2.75, 3.05) is 7.11 Å². The molecule has 1 fully saturated rings. The van der Waals surface area contributed by atoms with Gasteiger partial charge in [-0.1, -0.05) is 0 Å². The third-order valence-electron chi connectivity index (χ3n) is 2.03. The van der Waals surface area contributed by atoms with E-state index in [1.165, 1.54) is 7.11 Å². The molecule has 10 heavy (non-hydrogen) atoms. The molecule has 1 unspecified atom stereocenters. The summed E-state index contributed by atoms with van der Waals surface area (Å²) in [6, 6.07) is 3.96. The first-order valence-corrected chi connectivity index (χ1v) is 3.14. The van der Waals surface area contributed by atoms with Crippen LogP contribution in [0.1, 0.15) is 12.8 Å². The summed E-state index contributed by atoms with van der Waals surface area (Å²) in [6.45, 7) is 0. The molecular weight excluding hydrogens is 128 g/mol. The zero-order valence-corrected chi connectivity index (χ0v) is 5.79. The first-order valence-electron chi connectivity index (χ1n) is 3.14. The number of rotatable bonds is 1. The highest BCUT2D eigenvalue weighted by Gasteiger charge is 2.48. The van der Waals surface area contributed by atoms with E-state index in [1.54, 1.807) is 0 Å². The first-order chi connectivity index (χ1) is 4.79. The van der Waals surface area contributed by atoms with Crippen LogP contribution in [-0.2, 0) is 4.74 Å². The maximum Gasteiger partial charge on any atom is 0.169 e. The summed E-state index contributed by atoms with van der Waals surface area (Å²) in [5.74, 6) is 0. The van der Waals surface area contributed by atoms with Gasteiger partial charge in [0.15, 0.2) is 5.41 Å². The SMILES string of the molecule is COC1CCC1(C#N)C#N. The highest BCUT2D eigenvalue weighted by Crippen LogP contribution is 2.41. The normalized spacial score (nSPS) is 27.7. The zero-order chi connectivity index (χ0) is 7.61. The highest BCUT2D eigenvalue weighted by molar-refractivity contribution is 5.22. The van der Waals surface area contributed by atoms with Crippen molar-refractivity contribution in [2.45, 2.75) is 18.9 Å². The van der Waals surface area contributed by atoms with E-state index in [9.17, 15) is 0 Å². The minimum Gasteiger partial charge on any atom is -0.379 e. The van der Waals surface area contributed by atoms with Crippen LogP contribution in [-0.4, -0.2) is 13.2 Å². The van der Waals surface area contributed by atoms with Gasteiger partial charge in [0, 0.05) is 7.11 Å². The number of methoxy groups -OCH3 is 1. The Morgan fingerprint density at radius 1 is 1.50 bits per heavy atom. The largest absolute Gasteiger partial charge is 0.379 e. The number of ether oxygens (including phenoxy) is 1. The van der Waals surface area contributed by atoms with E-state index in [0.717, 1.165) is 6.42 Å². The van der Waals surface area contributed by atoms with E-state index >= 15 is 0 Å². The fraction of sp³-hybridized carbons (Fsp3) is 0.714. The Kier molecular flexibility index (Phi) is 1.61. The van der Waals surface area contributed by atoms with Crippen molar-refractivity contribution in [3.05, 3.63) is 0 Å². The lowest BCUT2D eigenvalue weighted by Gasteiger charge is -2.37. The van der Waals surface area contributed by atoms with Crippen LogP contribution < -0.4 is 0 Å². The summed E-state index contributed by atoms with van der Waals surface area (Å²) in [6.07, 6.45) is 1.32. The van der Waals surface area contributed by atoms with E-state index in [4.69, 9.17) is 15.3 Å². The monoisotopic (exact) mass is 136 g/mol. The molecule has 0 aromatic carbocycles. The smallest absolute Gasteiger partial charge is 0.169 e. The molecule has 0 aromatic rings. The summed E-state index contributed by atoms with van der Waals surface area (Å²) in [5, 5.41) is 17.2. The molecule has 0 amide bonds. The van der Waals surface area contributed by atoms with Gasteiger partial charge in [0.25, 0.3) is 0 Å². The van der Waals surface area contributed by atoms with Gasteiger partial charge < -0.3 is 4.74 Å². The number of nitrogens with zero attached hydrogens (tertiary/aromatic N) is 2. The lowest BCUT2D eigenvalue weighted by Crippen LogP contribution is -2.43. The average molecular weight is 136 g/mol. The maximum atomic E-state index is 8.59. The van der Waals surface area contributed by atoms with E-state index in [1.807, 2.05) is 12.1 Å². The third kappa shape index (κ3) is 0.683. The van der Waals surface area contributed by atoms with Gasteiger partial charge in [-0.2, -0.15) is 10.5 Å². The standard InChI is InChI=1S/C7H8N2O/c1-10-6-2-3-7(6,4-8)5-9/h6H,2-3H2,1H3. The molecule has 0 radical (unpaired) electrons. The third-order valence-corrected chi connectivity index (χ3v) is 2.03. The molecule has 3 nitrogen and oxygen atoms in total. The number of hydrogen-bond acceptors (Lipinski definition) is 3. The molecule has 1 rings (SSSR count). The summed E-state index contributed by atoms with van der Waals surface area (Å²) in [7, 11) is 1.53. The second-order valence-electron chi connectivity index (χ2n) is 2.46. The van der Waals surface area contributed by atoms with Gasteiger partial charge in [0.05, 0.1) is 18.2 Å². The molecule has 1 aliphatic rings. The second-order valence-corrected chi connectivity index (χ2v) is 2.46. The van der Waals surface area contributed by atoms with Crippen LogP contribution in [0.4, 0.5) is 0 Å². The Morgan fingerprint density at radius 2 is 2.10 bits per heavy atom. The molecular formula is C7H8N2O. The minimum atomic E-state index is -0.839. The molecule has 0 spiro atoms. The molecule has 0 bridgehead atoms. The Morgan fingerprint density at radius 3 is 2.20 bits per heavy atom. The van der Waals surface area contributed by atoms with Crippen LogP contribution >= 0.6 is 0 Å². The van der Waals surface area contributed by atoms with Gasteiger partial charge in [-0.3, -0.25) is 0 Å². The Labute approximate surface area is 59.8 Å². The molecule has 0 heterocycles. The average Bonchev–Trinajstić information content (AvgIpc) is 1.90. The van der Waals surface area contributed by atoms with E-state index in [-0.39, 0.29) is 6.10 Å². The topological polar surface area (TPSA) is 56.8 Å². The Hall–Kier alpha value is -1.06. The van der Waals surface area contributed by atoms with Crippen molar-refractivity contribution >= 4 is 0 Å². The molecule has 3 heteroatoms. The molecule has 0 aliphatic heterocycles. The molecule has 1 aliphatic carbocycles. The van der Waals surface area contributed by atoms with E-state index in [0.29, 0.717) is 6.42 Å². The Bertz CT molecular complexity index is 195. The molecule has 0 N–H and O–H groups in total. The summed E-state index contributed by atoms with van der Waals surface area (Å²) < 4.78 is 4.94. The van der Waals surface area contributed by atoms with Crippen LogP contribution in [0.5, 0.6) is 0 Å². The summed E-state index contributed by atoms with van der Waals surface area (Å²) in [5.41, 5.74) is -0.839. The lowest BCUT2D eigenvalue weighted by molar-refractivity contribution is -0.0271. The van der Waals surface area contributed by atoms with Crippen molar-refractivity contribution in [3.8, 4) is 12.1 Å². The van der Waals surface area contributed by atoms with Crippen molar-refractivity contribution in [1.29, 1.82) is 10.5 Å². The quantitative estimate of drug-likeness (QED) is 0.536. The van der Waals surface area contributed by atoms with Gasteiger partial charge in [-0.05, 0) is 12.8 Å². The highest BCUT2D eigenvalue weighted by atomic mass is 16.5. The molecule has 52 valence electrons. The first kappa shape index (κ1) is 7.05. The fourth-order valence-corrected chi connectivity index (χ4v) is 1.15. The van der Waals surface area contributed by atoms with Gasteiger partial charge >= 0.3 is 0 Å².